The number of rotatable bonds is 7. The maximum Gasteiger partial charge on any atom is 0.250 e. The minimum absolute atomic E-state index is 0.0914. The normalized spacial score (nSPS) is 16.9. The van der Waals surface area contributed by atoms with Gasteiger partial charge in [-0.15, -0.1) is 0 Å². The molecule has 2 atom stereocenters. The van der Waals surface area contributed by atoms with Crippen molar-refractivity contribution < 1.29 is 18.3 Å². The van der Waals surface area contributed by atoms with Gasteiger partial charge >= 0.3 is 0 Å². The number of amides is 1. The Morgan fingerprint density at radius 1 is 1.24 bits per heavy atom. The number of thiocarbonyl (C=S) groups is 1. The maximum atomic E-state index is 14.7. The van der Waals surface area contributed by atoms with E-state index in [0.29, 0.717) is 43.1 Å². The lowest BCUT2D eigenvalue weighted by Gasteiger charge is -2.26. The van der Waals surface area contributed by atoms with Crippen LogP contribution >= 0.6 is 39.7 Å². The van der Waals surface area contributed by atoms with Gasteiger partial charge in [-0.05, 0) is 72.9 Å². The Balaban J connectivity index is 1.55. The summed E-state index contributed by atoms with van der Waals surface area (Å²) < 4.78 is 26.4. The number of pyridine rings is 1. The van der Waals surface area contributed by atoms with Crippen LogP contribution in [-0.2, 0) is 9.53 Å². The van der Waals surface area contributed by atoms with E-state index in [0.717, 1.165) is 5.69 Å². The van der Waals surface area contributed by atoms with E-state index < -0.39 is 11.9 Å². The smallest absolute Gasteiger partial charge is 0.250 e. The molecule has 1 fully saturated rings. The summed E-state index contributed by atoms with van der Waals surface area (Å²) in [6.07, 6.45) is 1.71. The topological polar surface area (TPSA) is 79.6 Å². The molecule has 2 unspecified atom stereocenters. The molecule has 194 valence electrons. The van der Waals surface area contributed by atoms with Crippen molar-refractivity contribution in [2.75, 3.05) is 23.9 Å². The second-order valence-corrected chi connectivity index (χ2v) is 10.2. The highest BCUT2D eigenvalue weighted by atomic mass is 79.9. The number of nitrogens with zero attached hydrogens (tertiary/aromatic N) is 2. The molecule has 2 aromatic heterocycles. The van der Waals surface area contributed by atoms with Crippen LogP contribution in [0.4, 0.5) is 15.8 Å². The SMILES string of the molecule is COCC(=O)Nc1ccc(N2C(=S)NC(c3ccccn3)C2c2ccc(-c3ccc(Br)cc3F)o2)cc1Cl. The van der Waals surface area contributed by atoms with E-state index in [9.17, 15) is 9.18 Å². The zero-order valence-electron chi connectivity index (χ0n) is 20.0. The van der Waals surface area contributed by atoms with Crippen molar-refractivity contribution in [3.05, 3.63) is 99.7 Å². The third-order valence-electron chi connectivity index (χ3n) is 5.99. The summed E-state index contributed by atoms with van der Waals surface area (Å²) in [5.74, 6) is 0.212. The van der Waals surface area contributed by atoms with Crippen LogP contribution in [0.2, 0.25) is 5.02 Å². The molecule has 0 saturated carbocycles. The maximum absolute atomic E-state index is 14.7. The van der Waals surface area contributed by atoms with Crippen LogP contribution in [0.25, 0.3) is 11.3 Å². The van der Waals surface area contributed by atoms with Crippen LogP contribution in [0.15, 0.2) is 81.8 Å². The Morgan fingerprint density at radius 2 is 2.08 bits per heavy atom. The highest BCUT2D eigenvalue weighted by Gasteiger charge is 2.42. The Hall–Kier alpha value is -3.31. The van der Waals surface area contributed by atoms with Crippen LogP contribution in [-0.4, -0.2) is 29.7 Å². The molecule has 0 bridgehead atoms. The molecule has 0 aliphatic carbocycles. The number of nitrogens with one attached hydrogen (secondary N) is 2. The monoisotopic (exact) mass is 614 g/mol. The molecule has 2 aromatic carbocycles. The van der Waals surface area contributed by atoms with Gasteiger partial charge < -0.3 is 24.7 Å². The molecule has 7 nitrogen and oxygen atoms in total. The van der Waals surface area contributed by atoms with Gasteiger partial charge in [-0.1, -0.05) is 33.6 Å². The molecular weight excluding hydrogens is 595 g/mol. The van der Waals surface area contributed by atoms with Crippen molar-refractivity contribution in [3.8, 4) is 11.3 Å². The van der Waals surface area contributed by atoms with Crippen molar-refractivity contribution in [1.82, 2.24) is 10.3 Å². The van der Waals surface area contributed by atoms with Crippen LogP contribution < -0.4 is 15.5 Å². The van der Waals surface area contributed by atoms with Crippen LogP contribution in [0.1, 0.15) is 23.5 Å². The van der Waals surface area contributed by atoms with Crippen molar-refractivity contribution in [1.29, 1.82) is 0 Å². The molecule has 0 radical (unpaired) electrons. The van der Waals surface area contributed by atoms with E-state index in [1.165, 1.54) is 13.2 Å². The molecule has 38 heavy (non-hydrogen) atoms. The van der Waals surface area contributed by atoms with Gasteiger partial charge in [-0.25, -0.2) is 4.39 Å². The first kappa shape index (κ1) is 26.3. The molecule has 1 amide bonds. The molecule has 5 rings (SSSR count). The summed E-state index contributed by atoms with van der Waals surface area (Å²) in [6, 6.07) is 18.4. The number of anilines is 2. The van der Waals surface area contributed by atoms with E-state index in [1.807, 2.05) is 23.1 Å². The molecule has 1 aliphatic heterocycles. The second-order valence-electron chi connectivity index (χ2n) is 8.47. The molecular formula is C27H21BrClFN4O3S. The van der Waals surface area contributed by atoms with Crippen molar-refractivity contribution in [3.63, 3.8) is 0 Å². The summed E-state index contributed by atoms with van der Waals surface area (Å²) in [6.45, 7) is -0.0914. The Kier molecular flexibility index (Phi) is 7.75. The number of aromatic nitrogens is 1. The average molecular weight is 616 g/mol. The van der Waals surface area contributed by atoms with Gasteiger partial charge in [0, 0.05) is 23.5 Å². The number of hydrogen-bond acceptors (Lipinski definition) is 5. The fourth-order valence-corrected chi connectivity index (χ4v) is 5.24. The summed E-state index contributed by atoms with van der Waals surface area (Å²) in [5, 5.41) is 6.82. The van der Waals surface area contributed by atoms with Crippen molar-refractivity contribution >= 4 is 62.1 Å². The lowest BCUT2D eigenvalue weighted by atomic mass is 10.0. The lowest BCUT2D eigenvalue weighted by Crippen LogP contribution is -2.29. The van der Waals surface area contributed by atoms with Gasteiger partial charge in [0.1, 0.15) is 30.0 Å². The predicted molar refractivity (Wildman–Crippen MR) is 152 cm³/mol. The van der Waals surface area contributed by atoms with E-state index in [-0.39, 0.29) is 18.6 Å². The highest BCUT2D eigenvalue weighted by Crippen LogP contribution is 2.44. The molecule has 4 aromatic rings. The van der Waals surface area contributed by atoms with Gasteiger partial charge in [0.15, 0.2) is 5.11 Å². The largest absolute Gasteiger partial charge is 0.459 e. The Labute approximate surface area is 237 Å². The second kappa shape index (κ2) is 11.2. The van der Waals surface area contributed by atoms with E-state index >= 15 is 0 Å². The quantitative estimate of drug-likeness (QED) is 0.225. The van der Waals surface area contributed by atoms with E-state index in [1.54, 1.807) is 48.7 Å². The standard InChI is InChI=1S/C27H21BrClFN4O3S/c1-36-14-24(35)32-20-8-6-16(13-18(20)29)34-26(25(33-27(34)38)21-4-2-3-11-31-21)23-10-9-22(37-23)17-7-5-15(28)12-19(17)30/h2-13,25-26H,14H2,1H3,(H,32,35)(H,33,38). The summed E-state index contributed by atoms with van der Waals surface area (Å²) >= 11 is 15.6. The number of methoxy groups -OCH3 is 1. The fraction of sp³-hybridized carbons (Fsp3) is 0.148. The summed E-state index contributed by atoms with van der Waals surface area (Å²) in [4.78, 5) is 18.4. The van der Waals surface area contributed by atoms with E-state index in [2.05, 4.69) is 31.5 Å². The minimum atomic E-state index is -0.463. The highest BCUT2D eigenvalue weighted by molar-refractivity contribution is 9.10. The van der Waals surface area contributed by atoms with Crippen LogP contribution in [0.5, 0.6) is 0 Å². The first-order valence-electron chi connectivity index (χ1n) is 11.5. The number of ether oxygens (including phenoxy) is 1. The zero-order valence-corrected chi connectivity index (χ0v) is 23.1. The van der Waals surface area contributed by atoms with E-state index in [4.69, 9.17) is 33.0 Å². The van der Waals surface area contributed by atoms with Gasteiger partial charge in [0.05, 0.1) is 28.0 Å². The van der Waals surface area contributed by atoms with Crippen molar-refractivity contribution in [2.24, 2.45) is 0 Å². The molecule has 3 heterocycles. The number of hydrogen-bond donors (Lipinski definition) is 2. The predicted octanol–water partition coefficient (Wildman–Crippen LogP) is 6.66. The third-order valence-corrected chi connectivity index (χ3v) is 7.11. The van der Waals surface area contributed by atoms with Crippen LogP contribution in [0, 0.1) is 5.82 Å². The van der Waals surface area contributed by atoms with Crippen LogP contribution in [0.3, 0.4) is 0 Å². The van der Waals surface area contributed by atoms with Gasteiger partial charge in [-0.3, -0.25) is 9.78 Å². The first-order chi connectivity index (χ1) is 18.4. The lowest BCUT2D eigenvalue weighted by molar-refractivity contribution is -0.119. The minimum Gasteiger partial charge on any atom is -0.459 e. The van der Waals surface area contributed by atoms with Gasteiger partial charge in [-0.2, -0.15) is 0 Å². The average Bonchev–Trinajstić information content (AvgIpc) is 3.50. The number of halogens is 3. The first-order valence-corrected chi connectivity index (χ1v) is 13.1. The third kappa shape index (κ3) is 5.30. The summed E-state index contributed by atoms with van der Waals surface area (Å²) in [7, 11) is 1.44. The molecule has 2 N–H and O–H groups in total. The summed E-state index contributed by atoms with van der Waals surface area (Å²) in [5.41, 5.74) is 2.21. The fourth-order valence-electron chi connectivity index (χ4n) is 4.34. The van der Waals surface area contributed by atoms with Gasteiger partial charge in [0.2, 0.25) is 5.91 Å². The molecule has 1 aliphatic rings. The zero-order chi connectivity index (χ0) is 26.8. The van der Waals surface area contributed by atoms with Gasteiger partial charge in [0.25, 0.3) is 0 Å². The molecule has 1 saturated heterocycles. The number of carbonyl (C=O) groups excluding carboxylic acids is 1. The number of benzene rings is 2. The molecule has 11 heteroatoms. The Bertz CT molecular complexity index is 1500. The number of carbonyl (C=O) groups is 1. The number of furan rings is 1. The van der Waals surface area contributed by atoms with Crippen molar-refractivity contribution in [2.45, 2.75) is 12.1 Å². The Morgan fingerprint density at radius 3 is 2.79 bits per heavy atom. The molecule has 0 spiro atoms.